The van der Waals surface area contributed by atoms with E-state index in [9.17, 15) is 18.0 Å². The van der Waals surface area contributed by atoms with Crippen LogP contribution in [-0.2, 0) is 24.1 Å². The zero-order valence-electron chi connectivity index (χ0n) is 11.6. The van der Waals surface area contributed by atoms with E-state index in [0.717, 1.165) is 19.3 Å². The molecular formula is C12H21NO6S. The summed E-state index contributed by atoms with van der Waals surface area (Å²) in [6.45, 7) is 2.03. The Labute approximate surface area is 119 Å². The number of carbonyl (C=O) groups is 2. The summed E-state index contributed by atoms with van der Waals surface area (Å²) < 4.78 is 30.0. The van der Waals surface area contributed by atoms with E-state index in [0.29, 0.717) is 12.8 Å². The highest BCUT2D eigenvalue weighted by Crippen LogP contribution is 2.05. The minimum absolute atomic E-state index is 0.0599. The van der Waals surface area contributed by atoms with Gasteiger partial charge in [0.1, 0.15) is 0 Å². The van der Waals surface area contributed by atoms with Crippen LogP contribution in [0.5, 0.6) is 0 Å². The number of carbonyl (C=O) groups excluding carboxylic acids is 1. The lowest BCUT2D eigenvalue weighted by Crippen LogP contribution is -2.11. The Morgan fingerprint density at radius 2 is 1.80 bits per heavy atom. The normalized spacial score (nSPS) is 11.7. The van der Waals surface area contributed by atoms with E-state index in [4.69, 9.17) is 5.11 Å². The third-order valence-electron chi connectivity index (χ3n) is 2.36. The largest absolute Gasteiger partial charge is 0.481 e. The zero-order valence-corrected chi connectivity index (χ0v) is 12.4. The molecule has 0 rings (SSSR count). The molecule has 0 spiro atoms. The molecule has 0 aromatic carbocycles. The summed E-state index contributed by atoms with van der Waals surface area (Å²) in [5.41, 5.74) is 0. The molecule has 0 aliphatic carbocycles. The minimum atomic E-state index is -4.22. The maximum Gasteiger partial charge on any atom is 0.430 e. The average Bonchev–Trinajstić information content (AvgIpc) is 2.33. The SMILES string of the molecule is CCCCCC=NS(=O)(=O)OC(=O)CCCCC(=O)O. The van der Waals surface area contributed by atoms with Gasteiger partial charge in [-0.15, -0.1) is 4.40 Å². The van der Waals surface area contributed by atoms with Gasteiger partial charge in [0.2, 0.25) is 0 Å². The fourth-order valence-corrected chi connectivity index (χ4v) is 2.01. The van der Waals surface area contributed by atoms with E-state index < -0.39 is 22.2 Å². The highest BCUT2D eigenvalue weighted by molar-refractivity contribution is 7.85. The predicted molar refractivity (Wildman–Crippen MR) is 73.7 cm³/mol. The van der Waals surface area contributed by atoms with Crippen molar-refractivity contribution >= 4 is 28.5 Å². The van der Waals surface area contributed by atoms with Crippen molar-refractivity contribution in [1.29, 1.82) is 0 Å². The molecular weight excluding hydrogens is 286 g/mol. The number of carboxylic acid groups (broad SMARTS) is 1. The first-order valence-corrected chi connectivity index (χ1v) is 7.96. The second-order valence-corrected chi connectivity index (χ2v) is 5.50. The molecule has 0 aromatic rings. The van der Waals surface area contributed by atoms with Crippen LogP contribution in [0.25, 0.3) is 0 Å². The lowest BCUT2D eigenvalue weighted by atomic mass is 10.2. The zero-order chi connectivity index (χ0) is 15.4. The van der Waals surface area contributed by atoms with Gasteiger partial charge in [0.05, 0.1) is 0 Å². The van der Waals surface area contributed by atoms with Crippen molar-refractivity contribution in [2.75, 3.05) is 0 Å². The number of aliphatic carboxylic acids is 1. The molecule has 0 heterocycles. The molecule has 0 bridgehead atoms. The molecule has 0 aromatic heterocycles. The van der Waals surface area contributed by atoms with Gasteiger partial charge in [-0.3, -0.25) is 9.59 Å². The Morgan fingerprint density at radius 3 is 2.40 bits per heavy atom. The van der Waals surface area contributed by atoms with E-state index in [1.807, 2.05) is 6.92 Å². The Balaban J connectivity index is 3.94. The summed E-state index contributed by atoms with van der Waals surface area (Å²) in [5.74, 6) is -1.87. The number of unbranched alkanes of at least 4 members (excludes halogenated alkanes) is 4. The van der Waals surface area contributed by atoms with Crippen LogP contribution in [0, 0.1) is 0 Å². The van der Waals surface area contributed by atoms with Crippen LogP contribution in [0.2, 0.25) is 0 Å². The van der Waals surface area contributed by atoms with Crippen molar-refractivity contribution in [2.24, 2.45) is 4.40 Å². The molecule has 0 aliphatic rings. The quantitative estimate of drug-likeness (QED) is 0.462. The van der Waals surface area contributed by atoms with Gasteiger partial charge < -0.3 is 9.29 Å². The number of carboxylic acids is 1. The molecule has 0 saturated carbocycles. The topological polar surface area (TPSA) is 110 Å². The Kier molecular flexibility index (Phi) is 9.61. The smallest absolute Gasteiger partial charge is 0.430 e. The van der Waals surface area contributed by atoms with Crippen LogP contribution in [-0.4, -0.2) is 31.7 Å². The van der Waals surface area contributed by atoms with Gasteiger partial charge in [0.15, 0.2) is 0 Å². The summed E-state index contributed by atoms with van der Waals surface area (Å²) in [6, 6.07) is 0. The number of rotatable bonds is 11. The molecule has 0 atom stereocenters. The average molecular weight is 307 g/mol. The Morgan fingerprint density at radius 1 is 1.15 bits per heavy atom. The standard InChI is InChI=1S/C12H21NO6S/c1-2-3-4-7-10-13-20(17,18)19-12(16)9-6-5-8-11(14)15/h10H,2-9H2,1H3,(H,14,15). The molecule has 20 heavy (non-hydrogen) atoms. The van der Waals surface area contributed by atoms with E-state index >= 15 is 0 Å². The minimum Gasteiger partial charge on any atom is -0.481 e. The first-order valence-electron chi connectivity index (χ1n) is 6.60. The number of hydrogen-bond donors (Lipinski definition) is 1. The first-order chi connectivity index (χ1) is 9.37. The van der Waals surface area contributed by atoms with Gasteiger partial charge in [-0.05, 0) is 25.7 Å². The first kappa shape index (κ1) is 18.6. The van der Waals surface area contributed by atoms with Crippen molar-refractivity contribution in [1.82, 2.24) is 0 Å². The van der Waals surface area contributed by atoms with E-state index in [1.165, 1.54) is 6.21 Å². The summed E-state index contributed by atoms with van der Waals surface area (Å²) in [7, 11) is -4.22. The van der Waals surface area contributed by atoms with Crippen LogP contribution >= 0.6 is 0 Å². The number of hydrogen-bond acceptors (Lipinski definition) is 5. The summed E-state index contributed by atoms with van der Waals surface area (Å²) in [6.07, 6.45) is 4.94. The van der Waals surface area contributed by atoms with Gasteiger partial charge in [0, 0.05) is 19.1 Å². The molecule has 0 radical (unpaired) electrons. The fraction of sp³-hybridized carbons (Fsp3) is 0.750. The molecule has 0 saturated heterocycles. The molecule has 0 amide bonds. The third kappa shape index (κ3) is 11.6. The summed E-state index contributed by atoms with van der Waals surface area (Å²) in [4.78, 5) is 21.5. The van der Waals surface area contributed by atoms with Gasteiger partial charge in [-0.25, -0.2) is 0 Å². The molecule has 7 nitrogen and oxygen atoms in total. The Hall–Kier alpha value is -1.44. The lowest BCUT2D eigenvalue weighted by molar-refractivity contribution is -0.138. The van der Waals surface area contributed by atoms with Crippen LogP contribution in [0.1, 0.15) is 58.3 Å². The van der Waals surface area contributed by atoms with Crippen LogP contribution < -0.4 is 0 Å². The van der Waals surface area contributed by atoms with Crippen LogP contribution in [0.15, 0.2) is 4.40 Å². The highest BCUT2D eigenvalue weighted by Gasteiger charge is 2.14. The Bertz CT molecular complexity index is 429. The predicted octanol–water partition coefficient (Wildman–Crippen LogP) is 2.07. The van der Waals surface area contributed by atoms with E-state index in [1.54, 1.807) is 0 Å². The van der Waals surface area contributed by atoms with Gasteiger partial charge in [-0.2, -0.15) is 8.42 Å². The molecule has 0 fully saturated rings. The summed E-state index contributed by atoms with van der Waals surface area (Å²) in [5, 5.41) is 8.39. The van der Waals surface area contributed by atoms with Crippen molar-refractivity contribution in [2.45, 2.75) is 58.3 Å². The van der Waals surface area contributed by atoms with Crippen molar-refractivity contribution < 1.29 is 27.3 Å². The molecule has 1 N–H and O–H groups in total. The summed E-state index contributed by atoms with van der Waals surface area (Å²) >= 11 is 0. The van der Waals surface area contributed by atoms with Crippen molar-refractivity contribution in [3.8, 4) is 0 Å². The van der Waals surface area contributed by atoms with Crippen LogP contribution in [0.4, 0.5) is 0 Å². The molecule has 0 aliphatic heterocycles. The third-order valence-corrected chi connectivity index (χ3v) is 3.16. The highest BCUT2D eigenvalue weighted by atomic mass is 32.2. The molecule has 0 unspecified atom stereocenters. The lowest BCUT2D eigenvalue weighted by Gasteiger charge is -2.00. The van der Waals surface area contributed by atoms with E-state index in [2.05, 4.69) is 8.58 Å². The van der Waals surface area contributed by atoms with Gasteiger partial charge >= 0.3 is 22.2 Å². The van der Waals surface area contributed by atoms with Crippen molar-refractivity contribution in [3.05, 3.63) is 0 Å². The molecule has 8 heteroatoms. The molecule has 116 valence electrons. The maximum atomic E-state index is 11.3. The van der Waals surface area contributed by atoms with Crippen molar-refractivity contribution in [3.63, 3.8) is 0 Å². The fourth-order valence-electron chi connectivity index (χ4n) is 1.36. The maximum absolute atomic E-state index is 11.3. The second-order valence-electron chi connectivity index (χ2n) is 4.27. The van der Waals surface area contributed by atoms with Crippen LogP contribution in [0.3, 0.4) is 0 Å². The van der Waals surface area contributed by atoms with E-state index in [-0.39, 0.29) is 19.3 Å². The van der Waals surface area contributed by atoms with Gasteiger partial charge in [-0.1, -0.05) is 19.8 Å². The number of nitrogens with zero attached hydrogens (tertiary/aromatic N) is 1. The second kappa shape index (κ2) is 10.4. The monoisotopic (exact) mass is 307 g/mol. The van der Waals surface area contributed by atoms with Gasteiger partial charge in [0.25, 0.3) is 0 Å².